The molecule has 9 nitrogen and oxygen atoms in total. The Morgan fingerprint density at radius 1 is 1.19 bits per heavy atom. The summed E-state index contributed by atoms with van der Waals surface area (Å²) < 4.78 is 11.2. The van der Waals surface area contributed by atoms with Crippen molar-refractivity contribution < 1.29 is 24.2 Å². The first-order chi connectivity index (χ1) is 14.5. The minimum absolute atomic E-state index is 0.0758. The topological polar surface area (TPSA) is 118 Å². The van der Waals surface area contributed by atoms with E-state index in [-0.39, 0.29) is 22.4 Å². The van der Waals surface area contributed by atoms with Gasteiger partial charge in [-0.05, 0) is 32.9 Å². The molecule has 1 aromatic carbocycles. The van der Waals surface area contributed by atoms with Crippen LogP contribution >= 0.6 is 11.6 Å². The van der Waals surface area contributed by atoms with Crippen LogP contribution in [0.1, 0.15) is 31.1 Å². The van der Waals surface area contributed by atoms with Crippen LogP contribution in [0.3, 0.4) is 0 Å². The van der Waals surface area contributed by atoms with E-state index < -0.39 is 11.6 Å². The second-order valence-electron chi connectivity index (χ2n) is 8.05. The highest BCUT2D eigenvalue weighted by Gasteiger charge is 2.27. The number of hydrogen-bond acceptors (Lipinski definition) is 7. The van der Waals surface area contributed by atoms with Crippen molar-refractivity contribution in [2.24, 2.45) is 0 Å². The molecule has 31 heavy (non-hydrogen) atoms. The zero-order valence-electron chi connectivity index (χ0n) is 17.6. The van der Waals surface area contributed by atoms with Crippen molar-refractivity contribution in [3.8, 4) is 11.5 Å². The average molecular weight is 449 g/mol. The van der Waals surface area contributed by atoms with Crippen molar-refractivity contribution in [3.05, 3.63) is 41.0 Å². The number of pyridine rings is 1. The van der Waals surface area contributed by atoms with Crippen molar-refractivity contribution in [1.82, 2.24) is 9.88 Å². The fourth-order valence-electron chi connectivity index (χ4n) is 3.13. The molecule has 2 aromatic rings. The number of carboxylic acids is 1. The second kappa shape index (κ2) is 8.89. The van der Waals surface area contributed by atoms with Crippen LogP contribution in [0.4, 0.5) is 16.3 Å². The maximum atomic E-state index is 12.3. The van der Waals surface area contributed by atoms with Gasteiger partial charge in [0, 0.05) is 32.2 Å². The molecule has 0 saturated carbocycles. The average Bonchev–Trinajstić information content (AvgIpc) is 2.68. The Bertz CT molecular complexity index is 984. The van der Waals surface area contributed by atoms with E-state index in [0.717, 1.165) is 0 Å². The van der Waals surface area contributed by atoms with Crippen molar-refractivity contribution in [1.29, 1.82) is 0 Å². The number of amides is 1. The molecule has 1 aliphatic rings. The zero-order valence-corrected chi connectivity index (χ0v) is 18.3. The van der Waals surface area contributed by atoms with Gasteiger partial charge < -0.3 is 30.1 Å². The summed E-state index contributed by atoms with van der Waals surface area (Å²) in [6.45, 7) is 7.49. The fourth-order valence-corrected chi connectivity index (χ4v) is 3.38. The molecule has 3 N–H and O–H groups in total. The van der Waals surface area contributed by atoms with E-state index in [9.17, 15) is 14.7 Å². The number of nitrogens with two attached hydrogens (primary N) is 1. The molecule has 0 aliphatic carbocycles. The molecule has 0 radical (unpaired) electrons. The normalized spacial score (nSPS) is 14.3. The van der Waals surface area contributed by atoms with Gasteiger partial charge in [0.25, 0.3) is 0 Å². The van der Waals surface area contributed by atoms with Crippen LogP contribution in [0, 0.1) is 0 Å². The molecule has 10 heteroatoms. The molecule has 3 rings (SSSR count). The Balaban J connectivity index is 1.74. The fraction of sp³-hybridized carbons (Fsp3) is 0.381. The van der Waals surface area contributed by atoms with Gasteiger partial charge in [-0.15, -0.1) is 0 Å². The molecule has 0 spiro atoms. The summed E-state index contributed by atoms with van der Waals surface area (Å²) in [7, 11) is 0. The van der Waals surface area contributed by atoms with Crippen LogP contribution in [-0.4, -0.2) is 58.8 Å². The van der Waals surface area contributed by atoms with Gasteiger partial charge in [-0.3, -0.25) is 0 Å². The van der Waals surface area contributed by atoms with E-state index in [0.29, 0.717) is 43.4 Å². The first kappa shape index (κ1) is 22.5. The third-order valence-electron chi connectivity index (χ3n) is 4.56. The molecular weight excluding hydrogens is 424 g/mol. The molecule has 0 unspecified atom stereocenters. The third kappa shape index (κ3) is 5.49. The van der Waals surface area contributed by atoms with E-state index in [1.165, 1.54) is 18.3 Å². The van der Waals surface area contributed by atoms with Crippen LogP contribution < -0.4 is 15.4 Å². The SMILES string of the molecule is CC(C)(C)OC(=O)N1CCN(c2cc(Oc3cccc(Cl)c3C(=O)O)cnc2N)CC1. The molecule has 1 aromatic heterocycles. The lowest BCUT2D eigenvalue weighted by Gasteiger charge is -2.37. The number of ether oxygens (including phenoxy) is 2. The van der Waals surface area contributed by atoms with Crippen molar-refractivity contribution in [2.45, 2.75) is 26.4 Å². The quantitative estimate of drug-likeness (QED) is 0.723. The number of carboxylic acid groups (broad SMARTS) is 1. The smallest absolute Gasteiger partial charge is 0.410 e. The summed E-state index contributed by atoms with van der Waals surface area (Å²) in [5.74, 6) is -0.457. The molecule has 0 atom stereocenters. The number of rotatable bonds is 4. The Hall–Kier alpha value is -3.20. The van der Waals surface area contributed by atoms with Crippen LogP contribution in [0.2, 0.25) is 5.02 Å². The lowest BCUT2D eigenvalue weighted by molar-refractivity contribution is 0.0240. The summed E-state index contributed by atoms with van der Waals surface area (Å²) in [5, 5.41) is 9.49. The Morgan fingerprint density at radius 3 is 2.48 bits per heavy atom. The Labute approximate surface area is 185 Å². The third-order valence-corrected chi connectivity index (χ3v) is 4.88. The van der Waals surface area contributed by atoms with Crippen LogP contribution in [0.15, 0.2) is 30.5 Å². The Kier molecular flexibility index (Phi) is 6.45. The van der Waals surface area contributed by atoms with E-state index in [1.807, 2.05) is 25.7 Å². The molecule has 1 amide bonds. The van der Waals surface area contributed by atoms with E-state index in [4.69, 9.17) is 26.8 Å². The molecule has 166 valence electrons. The van der Waals surface area contributed by atoms with Gasteiger partial charge in [0.15, 0.2) is 0 Å². The Morgan fingerprint density at radius 2 is 1.87 bits per heavy atom. The van der Waals surface area contributed by atoms with Gasteiger partial charge in [-0.25, -0.2) is 14.6 Å². The van der Waals surface area contributed by atoms with Crippen molar-refractivity contribution in [3.63, 3.8) is 0 Å². The number of anilines is 2. The monoisotopic (exact) mass is 448 g/mol. The largest absolute Gasteiger partial charge is 0.478 e. The van der Waals surface area contributed by atoms with E-state index in [1.54, 1.807) is 17.0 Å². The van der Waals surface area contributed by atoms with E-state index in [2.05, 4.69) is 4.98 Å². The highest BCUT2D eigenvalue weighted by atomic mass is 35.5. The lowest BCUT2D eigenvalue weighted by atomic mass is 10.2. The van der Waals surface area contributed by atoms with Crippen LogP contribution in [0.5, 0.6) is 11.5 Å². The number of carbonyl (C=O) groups is 2. The predicted molar refractivity (Wildman–Crippen MR) is 117 cm³/mol. The summed E-state index contributed by atoms with van der Waals surface area (Å²) in [5.41, 5.74) is 6.02. The number of piperazine rings is 1. The first-order valence-corrected chi connectivity index (χ1v) is 10.1. The number of aromatic nitrogens is 1. The van der Waals surface area contributed by atoms with Crippen LogP contribution in [-0.2, 0) is 4.74 Å². The first-order valence-electron chi connectivity index (χ1n) is 9.73. The predicted octanol–water partition coefficient (Wildman–Crippen LogP) is 3.86. The molecule has 1 fully saturated rings. The highest BCUT2D eigenvalue weighted by Crippen LogP contribution is 2.33. The molecule has 0 bridgehead atoms. The maximum Gasteiger partial charge on any atom is 0.410 e. The summed E-state index contributed by atoms with van der Waals surface area (Å²) in [6, 6.07) is 6.29. The molecular formula is C21H25ClN4O5. The standard InChI is InChI=1S/C21H25ClN4O5/c1-21(2,3)31-20(29)26-9-7-25(8-10-26)15-11-13(12-24-18(15)23)30-16-6-4-5-14(22)17(16)19(27)28/h4-6,11-12H,7-10H2,1-3H3,(H2,23,24)(H,27,28). The van der Waals surface area contributed by atoms with Gasteiger partial charge in [0.1, 0.15) is 28.5 Å². The van der Waals surface area contributed by atoms with E-state index >= 15 is 0 Å². The second-order valence-corrected chi connectivity index (χ2v) is 8.46. The molecule has 1 saturated heterocycles. The number of aromatic carboxylic acids is 1. The van der Waals surface area contributed by atoms with Gasteiger partial charge in [-0.1, -0.05) is 17.7 Å². The molecule has 2 heterocycles. The number of halogens is 1. The summed E-state index contributed by atoms with van der Waals surface area (Å²) in [6.07, 6.45) is 1.07. The lowest BCUT2D eigenvalue weighted by Crippen LogP contribution is -2.50. The number of carbonyl (C=O) groups excluding carboxylic acids is 1. The zero-order chi connectivity index (χ0) is 22.8. The summed E-state index contributed by atoms with van der Waals surface area (Å²) in [4.78, 5) is 31.6. The maximum absolute atomic E-state index is 12.3. The number of nitrogens with zero attached hydrogens (tertiary/aromatic N) is 3. The van der Waals surface area contributed by atoms with Gasteiger partial charge >= 0.3 is 12.1 Å². The number of benzene rings is 1. The minimum Gasteiger partial charge on any atom is -0.478 e. The van der Waals surface area contributed by atoms with Crippen LogP contribution in [0.25, 0.3) is 0 Å². The van der Waals surface area contributed by atoms with Gasteiger partial charge in [0.2, 0.25) is 0 Å². The minimum atomic E-state index is -1.19. The van der Waals surface area contributed by atoms with Gasteiger partial charge in [-0.2, -0.15) is 0 Å². The van der Waals surface area contributed by atoms with Crippen molar-refractivity contribution >= 4 is 35.2 Å². The highest BCUT2D eigenvalue weighted by molar-refractivity contribution is 6.33. The molecule has 1 aliphatic heterocycles. The van der Waals surface area contributed by atoms with Crippen molar-refractivity contribution in [2.75, 3.05) is 36.8 Å². The summed E-state index contributed by atoms with van der Waals surface area (Å²) >= 11 is 6.00. The van der Waals surface area contributed by atoms with Gasteiger partial charge in [0.05, 0.1) is 16.9 Å². The number of nitrogen functional groups attached to an aromatic ring is 1. The number of hydrogen-bond donors (Lipinski definition) is 2.